The van der Waals surface area contributed by atoms with E-state index in [1.165, 1.54) is 0 Å². The monoisotopic (exact) mass is 273 g/mol. The summed E-state index contributed by atoms with van der Waals surface area (Å²) in [6.07, 6.45) is 4.42. The Labute approximate surface area is 113 Å². The van der Waals surface area contributed by atoms with Crippen LogP contribution in [0, 0.1) is 5.92 Å². The molecule has 2 N–H and O–H groups in total. The van der Waals surface area contributed by atoms with Crippen molar-refractivity contribution in [2.75, 3.05) is 11.5 Å². The normalized spacial score (nSPS) is 18.3. The summed E-state index contributed by atoms with van der Waals surface area (Å²) in [5.41, 5.74) is 0. The third-order valence-corrected chi connectivity index (χ3v) is 4.29. The molecule has 0 aromatic carbocycles. The van der Waals surface area contributed by atoms with E-state index in [1.807, 2.05) is 18.7 Å². The fourth-order valence-corrected chi connectivity index (χ4v) is 3.49. The van der Waals surface area contributed by atoms with E-state index in [2.05, 4.69) is 5.32 Å². The number of thioether (sulfide) groups is 1. The van der Waals surface area contributed by atoms with Crippen molar-refractivity contribution in [3.05, 3.63) is 0 Å². The lowest BCUT2D eigenvalue weighted by molar-refractivity contribution is -0.137. The smallest absolute Gasteiger partial charge is 0.305 e. The molecule has 0 spiro atoms. The molecule has 1 atom stereocenters. The van der Waals surface area contributed by atoms with Crippen LogP contribution in [0.1, 0.15) is 45.4 Å². The van der Waals surface area contributed by atoms with Crippen molar-refractivity contribution in [2.45, 2.75) is 51.5 Å². The van der Waals surface area contributed by atoms with Gasteiger partial charge in [-0.05, 0) is 36.7 Å². The fourth-order valence-electron chi connectivity index (χ4n) is 2.28. The topological polar surface area (TPSA) is 66.4 Å². The molecule has 1 heterocycles. The Balaban J connectivity index is 2.32. The SMILES string of the molecule is CCCC(CC(=O)O)NC(=O)CC1CCSCC1. The zero-order valence-corrected chi connectivity index (χ0v) is 11.8. The third-order valence-electron chi connectivity index (χ3n) is 3.24. The molecule has 0 radical (unpaired) electrons. The van der Waals surface area contributed by atoms with E-state index >= 15 is 0 Å². The molecule has 1 aliphatic heterocycles. The Kier molecular flexibility index (Phi) is 7.16. The maximum Gasteiger partial charge on any atom is 0.305 e. The second kappa shape index (κ2) is 8.40. The molecule has 1 aliphatic rings. The lowest BCUT2D eigenvalue weighted by atomic mass is 9.98. The summed E-state index contributed by atoms with van der Waals surface area (Å²) < 4.78 is 0. The molecule has 4 nitrogen and oxygen atoms in total. The van der Waals surface area contributed by atoms with Gasteiger partial charge in [-0.3, -0.25) is 9.59 Å². The lowest BCUT2D eigenvalue weighted by Gasteiger charge is -2.22. The molecule has 0 saturated carbocycles. The van der Waals surface area contributed by atoms with Crippen molar-refractivity contribution < 1.29 is 14.7 Å². The van der Waals surface area contributed by atoms with Crippen molar-refractivity contribution >= 4 is 23.6 Å². The van der Waals surface area contributed by atoms with Crippen LogP contribution in [0.5, 0.6) is 0 Å². The standard InChI is InChI=1S/C13H23NO3S/c1-2-3-11(9-13(16)17)14-12(15)8-10-4-6-18-7-5-10/h10-11H,2-9H2,1H3,(H,14,15)(H,16,17). The maximum absolute atomic E-state index is 11.9. The Morgan fingerprint density at radius 3 is 2.61 bits per heavy atom. The predicted octanol–water partition coefficient (Wildman–Crippen LogP) is 2.28. The molecule has 1 saturated heterocycles. The number of carbonyl (C=O) groups excluding carboxylic acids is 1. The molecule has 0 aliphatic carbocycles. The summed E-state index contributed by atoms with van der Waals surface area (Å²) in [5, 5.41) is 11.7. The highest BCUT2D eigenvalue weighted by Gasteiger charge is 2.20. The predicted molar refractivity (Wildman–Crippen MR) is 73.8 cm³/mol. The zero-order chi connectivity index (χ0) is 13.4. The van der Waals surface area contributed by atoms with Gasteiger partial charge >= 0.3 is 5.97 Å². The largest absolute Gasteiger partial charge is 0.481 e. The number of hydrogen-bond acceptors (Lipinski definition) is 3. The van der Waals surface area contributed by atoms with Crippen LogP contribution in [0.4, 0.5) is 0 Å². The van der Waals surface area contributed by atoms with E-state index in [1.54, 1.807) is 0 Å². The number of nitrogens with one attached hydrogen (secondary N) is 1. The summed E-state index contributed by atoms with van der Waals surface area (Å²) in [4.78, 5) is 22.6. The Hall–Kier alpha value is -0.710. The van der Waals surface area contributed by atoms with Crippen LogP contribution in [0.2, 0.25) is 0 Å². The van der Waals surface area contributed by atoms with Crippen molar-refractivity contribution in [1.82, 2.24) is 5.32 Å². The summed E-state index contributed by atoms with van der Waals surface area (Å²) in [7, 11) is 0. The minimum Gasteiger partial charge on any atom is -0.481 e. The first-order valence-electron chi connectivity index (χ1n) is 6.70. The molecular weight excluding hydrogens is 250 g/mol. The molecule has 18 heavy (non-hydrogen) atoms. The molecule has 0 aromatic heterocycles. The molecule has 0 bridgehead atoms. The van der Waals surface area contributed by atoms with E-state index in [9.17, 15) is 9.59 Å². The van der Waals surface area contributed by atoms with Crippen LogP contribution in [-0.2, 0) is 9.59 Å². The van der Waals surface area contributed by atoms with Crippen LogP contribution < -0.4 is 5.32 Å². The molecule has 1 rings (SSSR count). The van der Waals surface area contributed by atoms with Crippen LogP contribution in [0.15, 0.2) is 0 Å². The summed E-state index contributed by atoms with van der Waals surface area (Å²) in [6, 6.07) is -0.210. The highest BCUT2D eigenvalue weighted by Crippen LogP contribution is 2.25. The van der Waals surface area contributed by atoms with Crippen LogP contribution in [0.3, 0.4) is 0 Å². The van der Waals surface area contributed by atoms with Gasteiger partial charge in [0, 0.05) is 12.5 Å². The molecule has 104 valence electrons. The van der Waals surface area contributed by atoms with E-state index < -0.39 is 5.97 Å². The minimum atomic E-state index is -0.845. The Morgan fingerprint density at radius 2 is 2.06 bits per heavy atom. The van der Waals surface area contributed by atoms with E-state index in [0.717, 1.165) is 37.2 Å². The van der Waals surface area contributed by atoms with Gasteiger partial charge in [0.15, 0.2) is 0 Å². The minimum absolute atomic E-state index is 0.0200. The van der Waals surface area contributed by atoms with Crippen molar-refractivity contribution in [3.63, 3.8) is 0 Å². The second-order valence-corrected chi connectivity index (χ2v) is 6.14. The lowest BCUT2D eigenvalue weighted by Crippen LogP contribution is -2.37. The number of hydrogen-bond donors (Lipinski definition) is 2. The van der Waals surface area contributed by atoms with E-state index in [4.69, 9.17) is 5.11 Å². The number of carbonyl (C=O) groups is 2. The number of amides is 1. The molecule has 1 unspecified atom stereocenters. The number of rotatable bonds is 7. The first-order chi connectivity index (χ1) is 8.61. The van der Waals surface area contributed by atoms with Gasteiger partial charge in [0.2, 0.25) is 5.91 Å². The first kappa shape index (κ1) is 15.3. The van der Waals surface area contributed by atoms with Gasteiger partial charge in [-0.1, -0.05) is 13.3 Å². The maximum atomic E-state index is 11.9. The van der Waals surface area contributed by atoms with Gasteiger partial charge in [0.25, 0.3) is 0 Å². The number of carboxylic acid groups (broad SMARTS) is 1. The van der Waals surface area contributed by atoms with Crippen molar-refractivity contribution in [3.8, 4) is 0 Å². The average Bonchev–Trinajstić information content (AvgIpc) is 2.29. The summed E-state index contributed by atoms with van der Waals surface area (Å²) >= 11 is 1.95. The van der Waals surface area contributed by atoms with Gasteiger partial charge in [-0.25, -0.2) is 0 Å². The third kappa shape index (κ3) is 6.28. The highest BCUT2D eigenvalue weighted by atomic mass is 32.2. The van der Waals surface area contributed by atoms with Crippen molar-refractivity contribution in [2.24, 2.45) is 5.92 Å². The van der Waals surface area contributed by atoms with Crippen LogP contribution >= 0.6 is 11.8 Å². The van der Waals surface area contributed by atoms with E-state index in [0.29, 0.717) is 12.3 Å². The molecule has 0 aromatic rings. The molecule has 5 heteroatoms. The average molecular weight is 273 g/mol. The molecule has 1 fully saturated rings. The van der Waals surface area contributed by atoms with Crippen LogP contribution in [-0.4, -0.2) is 34.5 Å². The van der Waals surface area contributed by atoms with Crippen molar-refractivity contribution in [1.29, 1.82) is 0 Å². The van der Waals surface area contributed by atoms with Gasteiger partial charge in [0.1, 0.15) is 0 Å². The van der Waals surface area contributed by atoms with Gasteiger partial charge < -0.3 is 10.4 Å². The zero-order valence-electron chi connectivity index (χ0n) is 11.0. The quantitative estimate of drug-likeness (QED) is 0.747. The highest BCUT2D eigenvalue weighted by molar-refractivity contribution is 7.99. The van der Waals surface area contributed by atoms with E-state index in [-0.39, 0.29) is 18.4 Å². The number of aliphatic carboxylic acids is 1. The van der Waals surface area contributed by atoms with Gasteiger partial charge in [0.05, 0.1) is 6.42 Å². The summed E-state index contributed by atoms with van der Waals surface area (Å²) in [5.74, 6) is 1.95. The van der Waals surface area contributed by atoms with Crippen LogP contribution in [0.25, 0.3) is 0 Å². The second-order valence-electron chi connectivity index (χ2n) is 4.91. The molecular formula is C13H23NO3S. The van der Waals surface area contributed by atoms with Gasteiger partial charge in [-0.15, -0.1) is 0 Å². The first-order valence-corrected chi connectivity index (χ1v) is 7.86. The Morgan fingerprint density at radius 1 is 1.39 bits per heavy atom. The fraction of sp³-hybridized carbons (Fsp3) is 0.846. The number of carboxylic acids is 1. The van der Waals surface area contributed by atoms with Gasteiger partial charge in [-0.2, -0.15) is 11.8 Å². The molecule has 1 amide bonds. The summed E-state index contributed by atoms with van der Waals surface area (Å²) in [6.45, 7) is 2.00. The Bertz CT molecular complexity index is 277.